The van der Waals surface area contributed by atoms with Crippen molar-refractivity contribution < 1.29 is 19.4 Å². The molecule has 30 heavy (non-hydrogen) atoms. The Bertz CT molecular complexity index is 1130. The van der Waals surface area contributed by atoms with Gasteiger partial charge in [-0.1, -0.05) is 29.8 Å². The van der Waals surface area contributed by atoms with Gasteiger partial charge in [-0.25, -0.2) is 4.98 Å². The summed E-state index contributed by atoms with van der Waals surface area (Å²) in [4.78, 5) is 31.5. The Morgan fingerprint density at radius 3 is 2.33 bits per heavy atom. The molecule has 1 aliphatic rings. The number of carbonyl (C=O) groups is 2. The van der Waals surface area contributed by atoms with Crippen molar-refractivity contribution in [2.75, 3.05) is 12.0 Å². The van der Waals surface area contributed by atoms with Crippen LogP contribution in [0.4, 0.5) is 5.82 Å². The quantitative estimate of drug-likeness (QED) is 0.385. The summed E-state index contributed by atoms with van der Waals surface area (Å²) in [5, 5.41) is 11.5. The van der Waals surface area contributed by atoms with Gasteiger partial charge in [0.25, 0.3) is 5.78 Å². The number of hydrogen-bond acceptors (Lipinski definition) is 5. The van der Waals surface area contributed by atoms with Gasteiger partial charge < -0.3 is 9.84 Å². The van der Waals surface area contributed by atoms with E-state index in [2.05, 4.69) is 4.98 Å². The Kier molecular flexibility index (Phi) is 5.25. The largest absolute Gasteiger partial charge is 0.507 e. The highest BCUT2D eigenvalue weighted by Crippen LogP contribution is 2.41. The number of Topliss-reactive ketones (excluding diaryl/α,β-unsaturated/α-hetero) is 1. The predicted octanol–water partition coefficient (Wildman–Crippen LogP) is 4.37. The molecule has 0 radical (unpaired) electrons. The van der Waals surface area contributed by atoms with Gasteiger partial charge in [0.15, 0.2) is 0 Å². The summed E-state index contributed by atoms with van der Waals surface area (Å²) in [6.07, 6.45) is 1.54. The van der Waals surface area contributed by atoms with Crippen LogP contribution in [0.3, 0.4) is 0 Å². The number of hydrogen-bond donors (Lipinski definition) is 1. The van der Waals surface area contributed by atoms with E-state index in [1.165, 1.54) is 18.2 Å². The minimum absolute atomic E-state index is 0.0156. The van der Waals surface area contributed by atoms with E-state index >= 15 is 0 Å². The molecule has 1 N–H and O–H groups in total. The number of aliphatic hydroxyl groups excluding tert-OH is 1. The van der Waals surface area contributed by atoms with E-state index in [-0.39, 0.29) is 11.3 Å². The molecule has 0 unspecified atom stereocenters. The standard InChI is InChI=1S/C23H17ClN2O4/c1-30-17-11-7-15(8-12-17)21(27)19-20(14-5-9-16(24)10-6-14)26(23(29)22(19)28)18-4-2-3-13-25-18/h2-13,20,27H,1H3/t20-/m1/s1. The van der Waals surface area contributed by atoms with E-state index in [0.29, 0.717) is 27.7 Å². The molecule has 2 aromatic carbocycles. The summed E-state index contributed by atoms with van der Waals surface area (Å²) in [7, 11) is 1.54. The van der Waals surface area contributed by atoms with Gasteiger partial charge in [-0.15, -0.1) is 0 Å². The molecule has 1 aliphatic heterocycles. The molecule has 0 aliphatic carbocycles. The number of halogens is 1. The number of aromatic nitrogens is 1. The number of ether oxygens (including phenoxy) is 1. The number of pyridine rings is 1. The van der Waals surface area contributed by atoms with Gasteiger partial charge in [-0.3, -0.25) is 14.5 Å². The minimum Gasteiger partial charge on any atom is -0.507 e. The lowest BCUT2D eigenvalue weighted by molar-refractivity contribution is -0.132. The van der Waals surface area contributed by atoms with Crippen molar-refractivity contribution in [3.8, 4) is 5.75 Å². The second-order valence-corrected chi connectivity index (χ2v) is 7.07. The van der Waals surface area contributed by atoms with Crippen LogP contribution in [0.2, 0.25) is 5.02 Å². The fourth-order valence-corrected chi connectivity index (χ4v) is 3.56. The topological polar surface area (TPSA) is 79.7 Å². The Labute approximate surface area is 178 Å². The Hall–Kier alpha value is -3.64. The summed E-state index contributed by atoms with van der Waals surface area (Å²) in [5.41, 5.74) is 1.01. The van der Waals surface area contributed by atoms with Gasteiger partial charge in [-0.2, -0.15) is 0 Å². The maximum atomic E-state index is 13.0. The Balaban J connectivity index is 1.91. The van der Waals surface area contributed by atoms with E-state index in [9.17, 15) is 14.7 Å². The normalized spacial score (nSPS) is 17.9. The number of aliphatic hydroxyl groups is 1. The number of amides is 1. The van der Waals surface area contributed by atoms with Crippen molar-refractivity contribution >= 4 is 34.9 Å². The molecule has 0 bridgehead atoms. The maximum absolute atomic E-state index is 13.0. The molecular weight excluding hydrogens is 404 g/mol. The van der Waals surface area contributed by atoms with Crippen LogP contribution in [0.15, 0.2) is 78.5 Å². The first-order valence-corrected chi connectivity index (χ1v) is 9.51. The zero-order chi connectivity index (χ0) is 21.3. The van der Waals surface area contributed by atoms with E-state index < -0.39 is 17.7 Å². The lowest BCUT2D eigenvalue weighted by Crippen LogP contribution is -2.30. The Morgan fingerprint density at radius 2 is 1.73 bits per heavy atom. The molecular formula is C23H17ClN2O4. The first kappa shape index (κ1) is 19.7. The van der Waals surface area contributed by atoms with Crippen molar-refractivity contribution in [1.29, 1.82) is 0 Å². The van der Waals surface area contributed by atoms with Gasteiger partial charge in [0.2, 0.25) is 0 Å². The molecule has 1 fully saturated rings. The van der Waals surface area contributed by atoms with Crippen LogP contribution in [0.5, 0.6) is 5.75 Å². The number of carbonyl (C=O) groups excluding carboxylic acids is 2. The zero-order valence-electron chi connectivity index (χ0n) is 15.9. The van der Waals surface area contributed by atoms with Crippen molar-refractivity contribution in [2.45, 2.75) is 6.04 Å². The van der Waals surface area contributed by atoms with Crippen LogP contribution in [0, 0.1) is 0 Å². The first-order chi connectivity index (χ1) is 14.5. The average molecular weight is 421 g/mol. The number of anilines is 1. The zero-order valence-corrected chi connectivity index (χ0v) is 16.7. The van der Waals surface area contributed by atoms with Crippen molar-refractivity contribution in [3.63, 3.8) is 0 Å². The summed E-state index contributed by atoms with van der Waals surface area (Å²) in [6, 6.07) is 17.6. The van der Waals surface area contributed by atoms with Crippen LogP contribution in [-0.2, 0) is 9.59 Å². The fraction of sp³-hybridized carbons (Fsp3) is 0.0870. The third-order valence-corrected chi connectivity index (χ3v) is 5.14. The number of methoxy groups -OCH3 is 1. The van der Waals surface area contributed by atoms with Crippen LogP contribution in [0.1, 0.15) is 17.2 Å². The summed E-state index contributed by atoms with van der Waals surface area (Å²) in [6.45, 7) is 0. The molecule has 4 rings (SSSR count). The van der Waals surface area contributed by atoms with Gasteiger partial charge in [0.1, 0.15) is 17.3 Å². The predicted molar refractivity (Wildman–Crippen MR) is 113 cm³/mol. The molecule has 6 nitrogen and oxygen atoms in total. The molecule has 3 aromatic rings. The van der Waals surface area contributed by atoms with E-state index in [4.69, 9.17) is 16.3 Å². The number of benzene rings is 2. The fourth-order valence-electron chi connectivity index (χ4n) is 3.43. The molecule has 1 aromatic heterocycles. The van der Waals surface area contributed by atoms with Crippen molar-refractivity contribution in [3.05, 3.63) is 94.6 Å². The van der Waals surface area contributed by atoms with Gasteiger partial charge in [-0.05, 0) is 54.1 Å². The molecule has 7 heteroatoms. The monoisotopic (exact) mass is 420 g/mol. The minimum atomic E-state index is -0.848. The molecule has 1 saturated heterocycles. The van der Waals surface area contributed by atoms with E-state index in [1.807, 2.05) is 0 Å². The SMILES string of the molecule is COc1ccc(C(O)=C2C(=O)C(=O)N(c3ccccn3)[C@@H]2c2ccc(Cl)cc2)cc1. The molecule has 2 heterocycles. The highest BCUT2D eigenvalue weighted by atomic mass is 35.5. The second-order valence-electron chi connectivity index (χ2n) is 6.64. The van der Waals surface area contributed by atoms with Crippen LogP contribution >= 0.6 is 11.6 Å². The first-order valence-electron chi connectivity index (χ1n) is 9.13. The third-order valence-electron chi connectivity index (χ3n) is 4.89. The summed E-state index contributed by atoms with van der Waals surface area (Å²) >= 11 is 6.02. The average Bonchev–Trinajstić information content (AvgIpc) is 3.05. The highest BCUT2D eigenvalue weighted by molar-refractivity contribution is 6.51. The molecule has 150 valence electrons. The van der Waals surface area contributed by atoms with Crippen LogP contribution in [0.25, 0.3) is 5.76 Å². The highest BCUT2D eigenvalue weighted by Gasteiger charge is 2.47. The summed E-state index contributed by atoms with van der Waals surface area (Å²) in [5.74, 6) is -0.893. The van der Waals surface area contributed by atoms with Gasteiger partial charge in [0, 0.05) is 16.8 Å². The van der Waals surface area contributed by atoms with Gasteiger partial charge in [0.05, 0.1) is 18.7 Å². The van der Waals surface area contributed by atoms with E-state index in [1.54, 1.807) is 66.7 Å². The number of nitrogens with zero attached hydrogens (tertiary/aromatic N) is 2. The second kappa shape index (κ2) is 8.00. The third kappa shape index (κ3) is 3.42. The van der Waals surface area contributed by atoms with Gasteiger partial charge >= 0.3 is 5.91 Å². The molecule has 1 atom stereocenters. The lowest BCUT2D eigenvalue weighted by Gasteiger charge is -2.24. The van der Waals surface area contributed by atoms with Crippen molar-refractivity contribution in [1.82, 2.24) is 4.98 Å². The van der Waals surface area contributed by atoms with Crippen LogP contribution < -0.4 is 9.64 Å². The Morgan fingerprint density at radius 1 is 1.03 bits per heavy atom. The number of ketones is 1. The van der Waals surface area contributed by atoms with E-state index in [0.717, 1.165) is 0 Å². The maximum Gasteiger partial charge on any atom is 0.301 e. The number of rotatable bonds is 4. The molecule has 1 amide bonds. The smallest absolute Gasteiger partial charge is 0.301 e. The van der Waals surface area contributed by atoms with Crippen LogP contribution in [-0.4, -0.2) is 28.9 Å². The lowest BCUT2D eigenvalue weighted by atomic mass is 9.95. The van der Waals surface area contributed by atoms with Crippen molar-refractivity contribution in [2.24, 2.45) is 0 Å². The molecule has 0 saturated carbocycles. The summed E-state index contributed by atoms with van der Waals surface area (Å²) < 4.78 is 5.14. The molecule has 0 spiro atoms.